The minimum atomic E-state index is -0.813. The van der Waals surface area contributed by atoms with Crippen LogP contribution in [0.25, 0.3) is 0 Å². The Morgan fingerprint density at radius 3 is 2.56 bits per heavy atom. The highest BCUT2D eigenvalue weighted by Gasteiger charge is 2.19. The third kappa shape index (κ3) is 10.4. The van der Waals surface area contributed by atoms with Gasteiger partial charge in [-0.2, -0.15) is 11.8 Å². The van der Waals surface area contributed by atoms with Gasteiger partial charge in [0.25, 0.3) is 11.8 Å². The summed E-state index contributed by atoms with van der Waals surface area (Å²) < 4.78 is 9.72. The first kappa shape index (κ1) is 29.1. The summed E-state index contributed by atoms with van der Waals surface area (Å²) in [5, 5.41) is 9.50. The van der Waals surface area contributed by atoms with E-state index in [0.717, 1.165) is 19.3 Å². The van der Waals surface area contributed by atoms with Gasteiger partial charge < -0.3 is 30.3 Å². The van der Waals surface area contributed by atoms with Gasteiger partial charge in [-0.15, -0.1) is 11.3 Å². The van der Waals surface area contributed by atoms with Gasteiger partial charge in [0.1, 0.15) is 18.0 Å². The molecule has 0 fully saturated rings. The molecule has 3 N–H and O–H groups in total. The summed E-state index contributed by atoms with van der Waals surface area (Å²) in [6.07, 6.45) is 2.81. The Hall–Kier alpha value is -2.90. The second-order valence-corrected chi connectivity index (χ2v) is 8.58. The Balaban J connectivity index is 2.60. The summed E-state index contributed by atoms with van der Waals surface area (Å²) in [6.45, 7) is 11.0. The first-order chi connectivity index (χ1) is 16.2. The topological polar surface area (TPSA) is 139 Å². The van der Waals surface area contributed by atoms with Crippen LogP contribution in [0.2, 0.25) is 0 Å². The smallest absolute Gasteiger partial charge is 0.353 e. The van der Waals surface area contributed by atoms with Crippen LogP contribution in [0, 0.1) is 0 Å². The number of ether oxygens (including phenoxy) is 2. The van der Waals surface area contributed by atoms with Crippen LogP contribution >= 0.6 is 23.1 Å². The Kier molecular flexibility index (Phi) is 13.6. The van der Waals surface area contributed by atoms with Crippen molar-refractivity contribution in [1.29, 1.82) is 0 Å². The van der Waals surface area contributed by atoms with Crippen LogP contribution in [0.15, 0.2) is 29.9 Å². The summed E-state index contributed by atoms with van der Waals surface area (Å²) in [6, 6.07) is 0. The Morgan fingerprint density at radius 1 is 1.18 bits per heavy atom. The van der Waals surface area contributed by atoms with Crippen molar-refractivity contribution in [2.45, 2.75) is 13.3 Å². The van der Waals surface area contributed by atoms with Crippen molar-refractivity contribution < 1.29 is 28.7 Å². The van der Waals surface area contributed by atoms with Crippen LogP contribution < -0.4 is 20.9 Å². The molecular formula is C21H31N5O6S2. The number of anilines is 1. The van der Waals surface area contributed by atoms with Crippen LogP contribution in [0.3, 0.4) is 0 Å². The van der Waals surface area contributed by atoms with Crippen LogP contribution in [0.5, 0.6) is 0 Å². The fourth-order valence-electron chi connectivity index (χ4n) is 2.42. The average Bonchev–Trinajstić information content (AvgIpc) is 3.31. The number of aromatic nitrogens is 1. The summed E-state index contributed by atoms with van der Waals surface area (Å²) in [4.78, 5) is 54.0. The predicted molar refractivity (Wildman–Crippen MR) is 133 cm³/mol. The number of thiazole rings is 1. The van der Waals surface area contributed by atoms with E-state index in [-0.39, 0.29) is 29.6 Å². The number of nitrogens with zero attached hydrogens (tertiary/aromatic N) is 2. The second kappa shape index (κ2) is 15.9. The molecule has 1 aromatic rings. The number of amides is 3. The molecule has 0 aliphatic carbocycles. The summed E-state index contributed by atoms with van der Waals surface area (Å²) in [5.74, 6) is -1.60. The molecule has 34 heavy (non-hydrogen) atoms. The molecule has 0 spiro atoms. The van der Waals surface area contributed by atoms with Gasteiger partial charge in [-0.3, -0.25) is 14.4 Å². The number of rotatable bonds is 16. The Labute approximate surface area is 207 Å². The lowest BCUT2D eigenvalue weighted by Crippen LogP contribution is -2.37. The molecule has 0 saturated heterocycles. The van der Waals surface area contributed by atoms with Gasteiger partial charge in [0.15, 0.2) is 5.13 Å². The molecular weight excluding hydrogens is 482 g/mol. The SMILES string of the molecule is C=C(NC(=O)c1csc(N(CCC)CCNC(=O)COCCSC)n1)C(=O)NC(=C)C(=O)OC. The lowest BCUT2D eigenvalue weighted by Gasteiger charge is -2.21. The van der Waals surface area contributed by atoms with E-state index in [2.05, 4.69) is 38.8 Å². The highest BCUT2D eigenvalue weighted by Crippen LogP contribution is 2.20. The molecule has 0 unspecified atom stereocenters. The van der Waals surface area contributed by atoms with E-state index in [0.29, 0.717) is 31.4 Å². The molecule has 0 atom stereocenters. The van der Waals surface area contributed by atoms with Gasteiger partial charge in [-0.1, -0.05) is 20.1 Å². The molecule has 13 heteroatoms. The minimum absolute atomic E-state index is 0.0142. The zero-order chi connectivity index (χ0) is 25.5. The van der Waals surface area contributed by atoms with E-state index in [9.17, 15) is 19.2 Å². The lowest BCUT2D eigenvalue weighted by molar-refractivity contribution is -0.137. The van der Waals surface area contributed by atoms with Gasteiger partial charge in [0, 0.05) is 30.8 Å². The Bertz CT molecular complexity index is 889. The maximum Gasteiger partial charge on any atom is 0.353 e. The van der Waals surface area contributed by atoms with Crippen LogP contribution in [0.4, 0.5) is 5.13 Å². The van der Waals surface area contributed by atoms with E-state index in [1.807, 2.05) is 18.1 Å². The van der Waals surface area contributed by atoms with Crippen molar-refractivity contribution in [2.24, 2.45) is 0 Å². The number of hydrogen-bond acceptors (Lipinski definition) is 10. The number of nitrogens with one attached hydrogen (secondary N) is 3. The van der Waals surface area contributed by atoms with E-state index < -0.39 is 17.8 Å². The first-order valence-electron chi connectivity index (χ1n) is 10.4. The number of carbonyl (C=O) groups is 4. The third-order valence-electron chi connectivity index (χ3n) is 4.09. The van der Waals surface area contributed by atoms with Gasteiger partial charge >= 0.3 is 5.97 Å². The Morgan fingerprint density at radius 2 is 1.91 bits per heavy atom. The molecule has 0 bridgehead atoms. The molecule has 0 radical (unpaired) electrons. The number of hydrogen-bond donors (Lipinski definition) is 3. The van der Waals surface area contributed by atoms with Crippen LogP contribution in [-0.2, 0) is 23.9 Å². The van der Waals surface area contributed by atoms with Crippen LogP contribution in [0.1, 0.15) is 23.8 Å². The lowest BCUT2D eigenvalue weighted by atomic mass is 10.3. The molecule has 0 aliphatic rings. The fourth-order valence-corrected chi connectivity index (χ4v) is 3.56. The average molecular weight is 514 g/mol. The van der Waals surface area contributed by atoms with Gasteiger partial charge in [0.05, 0.1) is 19.4 Å². The summed E-state index contributed by atoms with van der Waals surface area (Å²) >= 11 is 2.91. The molecule has 188 valence electrons. The first-order valence-corrected chi connectivity index (χ1v) is 12.6. The molecule has 3 amide bonds. The monoisotopic (exact) mass is 513 g/mol. The molecule has 0 saturated carbocycles. The molecule has 1 heterocycles. The van der Waals surface area contributed by atoms with Crippen molar-refractivity contribution in [3.05, 3.63) is 35.6 Å². The van der Waals surface area contributed by atoms with Crippen molar-refractivity contribution in [2.75, 3.05) is 56.9 Å². The van der Waals surface area contributed by atoms with Gasteiger partial charge in [-0.05, 0) is 12.7 Å². The van der Waals surface area contributed by atoms with E-state index in [1.54, 1.807) is 17.1 Å². The number of carbonyl (C=O) groups excluding carboxylic acids is 4. The maximum atomic E-state index is 12.5. The molecule has 0 aliphatic heterocycles. The van der Waals surface area contributed by atoms with Gasteiger partial charge in [0.2, 0.25) is 5.91 Å². The second-order valence-electron chi connectivity index (χ2n) is 6.75. The quantitative estimate of drug-likeness (QED) is 0.167. The fraction of sp³-hybridized carbons (Fsp3) is 0.476. The van der Waals surface area contributed by atoms with Crippen molar-refractivity contribution >= 4 is 51.9 Å². The standard InChI is InChI=1S/C21H31N5O6S2/c1-6-8-26(9-7-22-17(27)12-32-10-11-33-5)21-25-16(13-34-21)19(29)23-14(2)18(28)24-15(3)20(30)31-4/h13H,2-3,6-12H2,1,4-5H3,(H,22,27)(H,23,29)(H,24,28). The molecule has 0 aromatic carbocycles. The highest BCUT2D eigenvalue weighted by molar-refractivity contribution is 7.98. The van der Waals surface area contributed by atoms with Crippen molar-refractivity contribution in [3.8, 4) is 0 Å². The third-order valence-corrected chi connectivity index (χ3v) is 5.57. The number of methoxy groups -OCH3 is 1. The van der Waals surface area contributed by atoms with E-state index >= 15 is 0 Å². The van der Waals surface area contributed by atoms with Crippen molar-refractivity contribution in [3.63, 3.8) is 0 Å². The number of thioether (sulfide) groups is 1. The summed E-state index contributed by atoms with van der Waals surface area (Å²) in [7, 11) is 1.15. The zero-order valence-corrected chi connectivity index (χ0v) is 21.2. The molecule has 1 rings (SSSR count). The minimum Gasteiger partial charge on any atom is -0.464 e. The van der Waals surface area contributed by atoms with Crippen LogP contribution in [-0.4, -0.2) is 80.6 Å². The predicted octanol–water partition coefficient (Wildman–Crippen LogP) is 0.902. The van der Waals surface area contributed by atoms with E-state index in [1.165, 1.54) is 11.3 Å². The maximum absolute atomic E-state index is 12.5. The zero-order valence-electron chi connectivity index (χ0n) is 19.6. The highest BCUT2D eigenvalue weighted by atomic mass is 32.2. The molecule has 1 aromatic heterocycles. The largest absolute Gasteiger partial charge is 0.464 e. The molecule has 11 nitrogen and oxygen atoms in total. The summed E-state index contributed by atoms with van der Waals surface area (Å²) in [5.41, 5.74) is -0.460. The van der Waals surface area contributed by atoms with Crippen molar-refractivity contribution in [1.82, 2.24) is 20.9 Å². The van der Waals surface area contributed by atoms with E-state index in [4.69, 9.17) is 4.74 Å². The number of esters is 1. The normalized spacial score (nSPS) is 10.2. The van der Waals surface area contributed by atoms with Gasteiger partial charge in [-0.25, -0.2) is 9.78 Å².